The second-order valence-corrected chi connectivity index (χ2v) is 4.96. The lowest BCUT2D eigenvalue weighted by Crippen LogP contribution is -2.27. The van der Waals surface area contributed by atoms with Crippen molar-refractivity contribution in [3.05, 3.63) is 23.8 Å². The molecule has 0 aliphatic heterocycles. The lowest BCUT2D eigenvalue weighted by molar-refractivity contribution is 0.247. The Balaban J connectivity index is 2.73. The van der Waals surface area contributed by atoms with E-state index in [9.17, 15) is 5.11 Å². The maximum atomic E-state index is 9.66. The Labute approximate surface area is 110 Å². The molecule has 1 aromatic carbocycles. The van der Waals surface area contributed by atoms with Gasteiger partial charge in [-0.3, -0.25) is 4.90 Å². The van der Waals surface area contributed by atoms with Crippen molar-refractivity contribution in [3.63, 3.8) is 0 Å². The van der Waals surface area contributed by atoms with Gasteiger partial charge < -0.3 is 9.84 Å². The fraction of sp³-hybridized carbons (Fsp3) is 0.600. The number of hydrogen-bond acceptors (Lipinski definition) is 3. The molecule has 0 fully saturated rings. The van der Waals surface area contributed by atoms with Crippen LogP contribution in [0, 0.1) is 5.92 Å². The Kier molecular flexibility index (Phi) is 5.99. The van der Waals surface area contributed by atoms with Crippen molar-refractivity contribution in [2.75, 3.05) is 19.7 Å². The Morgan fingerprint density at radius 1 is 1.28 bits per heavy atom. The van der Waals surface area contributed by atoms with Crippen LogP contribution in [-0.4, -0.2) is 29.7 Å². The van der Waals surface area contributed by atoms with E-state index in [0.717, 1.165) is 19.6 Å². The van der Waals surface area contributed by atoms with E-state index in [2.05, 4.69) is 25.7 Å². The van der Waals surface area contributed by atoms with Crippen LogP contribution in [0.2, 0.25) is 0 Å². The molecule has 0 unspecified atom stereocenters. The SMILES string of the molecule is CCOc1cc(CN(CC)CC(C)C)ccc1O. The van der Waals surface area contributed by atoms with Gasteiger partial charge in [-0.1, -0.05) is 26.8 Å². The third-order valence-corrected chi connectivity index (χ3v) is 2.80. The molecule has 0 spiro atoms. The number of phenolic OH excluding ortho intramolecular Hbond substituents is 1. The molecule has 18 heavy (non-hydrogen) atoms. The van der Waals surface area contributed by atoms with Crippen molar-refractivity contribution in [2.45, 2.75) is 34.2 Å². The average Bonchev–Trinajstić information content (AvgIpc) is 2.32. The summed E-state index contributed by atoms with van der Waals surface area (Å²) in [6.45, 7) is 12.1. The highest BCUT2D eigenvalue weighted by Gasteiger charge is 2.08. The normalized spacial score (nSPS) is 11.2. The van der Waals surface area contributed by atoms with Crippen LogP contribution in [0.4, 0.5) is 0 Å². The number of aromatic hydroxyl groups is 1. The molecule has 0 amide bonds. The van der Waals surface area contributed by atoms with Gasteiger partial charge in [0.1, 0.15) is 0 Å². The quantitative estimate of drug-likeness (QED) is 0.807. The van der Waals surface area contributed by atoms with Crippen LogP contribution in [0.25, 0.3) is 0 Å². The Morgan fingerprint density at radius 3 is 2.56 bits per heavy atom. The standard InChI is InChI=1S/C15H25NO2/c1-5-16(10-12(3)4)11-13-7-8-14(17)15(9-13)18-6-2/h7-9,12,17H,5-6,10-11H2,1-4H3. The summed E-state index contributed by atoms with van der Waals surface area (Å²) in [6, 6.07) is 5.60. The van der Waals surface area contributed by atoms with E-state index in [4.69, 9.17) is 4.74 Å². The molecule has 0 heterocycles. The summed E-state index contributed by atoms with van der Waals surface area (Å²) in [7, 11) is 0. The van der Waals surface area contributed by atoms with Crippen molar-refractivity contribution in [1.82, 2.24) is 4.90 Å². The fourth-order valence-corrected chi connectivity index (χ4v) is 2.01. The molecular weight excluding hydrogens is 226 g/mol. The molecule has 0 bridgehead atoms. The van der Waals surface area contributed by atoms with Gasteiger partial charge in [0.25, 0.3) is 0 Å². The van der Waals surface area contributed by atoms with E-state index in [1.54, 1.807) is 6.07 Å². The smallest absolute Gasteiger partial charge is 0.161 e. The van der Waals surface area contributed by atoms with Gasteiger partial charge in [-0.25, -0.2) is 0 Å². The summed E-state index contributed by atoms with van der Waals surface area (Å²) >= 11 is 0. The summed E-state index contributed by atoms with van der Waals surface area (Å²) in [5, 5.41) is 9.66. The summed E-state index contributed by atoms with van der Waals surface area (Å²) < 4.78 is 5.41. The molecule has 0 aromatic heterocycles. The Morgan fingerprint density at radius 2 is 2.00 bits per heavy atom. The Hall–Kier alpha value is -1.22. The van der Waals surface area contributed by atoms with Gasteiger partial charge in [0.15, 0.2) is 11.5 Å². The van der Waals surface area contributed by atoms with Gasteiger partial charge in [0.2, 0.25) is 0 Å². The van der Waals surface area contributed by atoms with E-state index in [1.165, 1.54) is 5.56 Å². The van der Waals surface area contributed by atoms with Crippen LogP contribution in [-0.2, 0) is 6.54 Å². The number of phenols is 1. The molecule has 0 aliphatic carbocycles. The van der Waals surface area contributed by atoms with E-state index in [0.29, 0.717) is 18.3 Å². The van der Waals surface area contributed by atoms with Crippen LogP contribution < -0.4 is 4.74 Å². The van der Waals surface area contributed by atoms with Crippen molar-refractivity contribution in [2.24, 2.45) is 5.92 Å². The first-order valence-electron chi connectivity index (χ1n) is 6.73. The van der Waals surface area contributed by atoms with Crippen LogP contribution in [0.3, 0.4) is 0 Å². The lowest BCUT2D eigenvalue weighted by atomic mass is 10.1. The predicted molar refractivity (Wildman–Crippen MR) is 75.1 cm³/mol. The van der Waals surface area contributed by atoms with Gasteiger partial charge in [0, 0.05) is 13.1 Å². The first-order valence-corrected chi connectivity index (χ1v) is 6.73. The first-order chi connectivity index (χ1) is 8.56. The number of rotatable bonds is 7. The minimum Gasteiger partial charge on any atom is -0.504 e. The molecule has 3 heteroatoms. The highest BCUT2D eigenvalue weighted by Crippen LogP contribution is 2.27. The molecule has 102 valence electrons. The van der Waals surface area contributed by atoms with Crippen LogP contribution >= 0.6 is 0 Å². The molecule has 0 saturated heterocycles. The topological polar surface area (TPSA) is 32.7 Å². The van der Waals surface area contributed by atoms with Crippen molar-refractivity contribution in [1.29, 1.82) is 0 Å². The van der Waals surface area contributed by atoms with E-state index in [-0.39, 0.29) is 5.75 Å². The maximum absolute atomic E-state index is 9.66. The molecule has 3 nitrogen and oxygen atoms in total. The van der Waals surface area contributed by atoms with Gasteiger partial charge in [-0.15, -0.1) is 0 Å². The average molecular weight is 251 g/mol. The number of benzene rings is 1. The highest BCUT2D eigenvalue weighted by molar-refractivity contribution is 5.41. The number of hydrogen-bond donors (Lipinski definition) is 1. The zero-order chi connectivity index (χ0) is 13.5. The summed E-state index contributed by atoms with van der Waals surface area (Å²) in [5.41, 5.74) is 1.18. The molecule has 0 radical (unpaired) electrons. The minimum absolute atomic E-state index is 0.215. The summed E-state index contributed by atoms with van der Waals surface area (Å²) in [5.74, 6) is 1.46. The number of ether oxygens (including phenoxy) is 1. The van der Waals surface area contributed by atoms with Gasteiger partial charge in [-0.05, 0) is 37.1 Å². The van der Waals surface area contributed by atoms with E-state index >= 15 is 0 Å². The zero-order valence-corrected chi connectivity index (χ0v) is 11.9. The van der Waals surface area contributed by atoms with Crippen molar-refractivity contribution in [3.8, 4) is 11.5 Å². The van der Waals surface area contributed by atoms with Crippen molar-refractivity contribution < 1.29 is 9.84 Å². The first kappa shape index (κ1) is 14.8. The molecule has 0 aliphatic rings. The van der Waals surface area contributed by atoms with Crippen molar-refractivity contribution >= 4 is 0 Å². The van der Waals surface area contributed by atoms with E-state index in [1.807, 2.05) is 19.1 Å². The predicted octanol–water partition coefficient (Wildman–Crippen LogP) is 3.27. The van der Waals surface area contributed by atoms with Crippen LogP contribution in [0.1, 0.15) is 33.3 Å². The zero-order valence-electron chi connectivity index (χ0n) is 11.9. The fourth-order valence-electron chi connectivity index (χ4n) is 2.01. The second-order valence-electron chi connectivity index (χ2n) is 4.96. The van der Waals surface area contributed by atoms with E-state index < -0.39 is 0 Å². The number of nitrogens with zero attached hydrogens (tertiary/aromatic N) is 1. The molecule has 0 atom stereocenters. The van der Waals surface area contributed by atoms with Gasteiger partial charge in [0.05, 0.1) is 6.61 Å². The minimum atomic E-state index is 0.215. The molecule has 1 aromatic rings. The van der Waals surface area contributed by atoms with Crippen LogP contribution in [0.5, 0.6) is 11.5 Å². The molecule has 1 rings (SSSR count). The third-order valence-electron chi connectivity index (χ3n) is 2.80. The summed E-state index contributed by atoms with van der Waals surface area (Å²) in [6.07, 6.45) is 0. The molecular formula is C15H25NO2. The molecule has 1 N–H and O–H groups in total. The highest BCUT2D eigenvalue weighted by atomic mass is 16.5. The largest absolute Gasteiger partial charge is 0.504 e. The lowest BCUT2D eigenvalue weighted by Gasteiger charge is -2.22. The third kappa shape index (κ3) is 4.57. The second kappa shape index (κ2) is 7.27. The van der Waals surface area contributed by atoms with Crippen LogP contribution in [0.15, 0.2) is 18.2 Å². The summed E-state index contributed by atoms with van der Waals surface area (Å²) in [4.78, 5) is 2.40. The maximum Gasteiger partial charge on any atom is 0.161 e. The molecule has 0 saturated carbocycles. The van der Waals surface area contributed by atoms with Gasteiger partial charge >= 0.3 is 0 Å². The monoisotopic (exact) mass is 251 g/mol. The Bertz CT molecular complexity index is 364. The van der Waals surface area contributed by atoms with Gasteiger partial charge in [-0.2, -0.15) is 0 Å².